The zero-order valence-corrected chi connectivity index (χ0v) is 12.6. The van der Waals surface area contributed by atoms with Gasteiger partial charge in [0.15, 0.2) is 0 Å². The minimum Gasteiger partial charge on any atom is -0.399 e. The minimum atomic E-state index is -0.242. The van der Waals surface area contributed by atoms with E-state index in [0.717, 1.165) is 56.6 Å². The van der Waals surface area contributed by atoms with E-state index in [1.807, 2.05) is 12.1 Å². The fourth-order valence-corrected chi connectivity index (χ4v) is 4.23. The number of amides is 1. The standard InChI is InChI=1S/C17H23N3O/c1-19-9-5-13(6-10-19)20-15-4-3-12(18)11-14(15)17(16(20)21)7-2-8-17/h3-4,11,13H,2,5-10,18H2,1H3. The minimum absolute atomic E-state index is 0.242. The Hall–Kier alpha value is -1.55. The Morgan fingerprint density at radius 1 is 1.24 bits per heavy atom. The summed E-state index contributed by atoms with van der Waals surface area (Å²) < 4.78 is 0. The number of fused-ring (bicyclic) bond motifs is 2. The van der Waals surface area contributed by atoms with Gasteiger partial charge in [-0.05, 0) is 69.6 Å². The van der Waals surface area contributed by atoms with Crippen LogP contribution in [-0.2, 0) is 10.2 Å². The number of carbonyl (C=O) groups is 1. The monoisotopic (exact) mass is 285 g/mol. The van der Waals surface area contributed by atoms with Crippen LogP contribution in [0.1, 0.15) is 37.7 Å². The first-order valence-electron chi connectivity index (χ1n) is 8.04. The van der Waals surface area contributed by atoms with Gasteiger partial charge < -0.3 is 15.5 Å². The summed E-state index contributed by atoms with van der Waals surface area (Å²) in [6.07, 6.45) is 5.28. The van der Waals surface area contributed by atoms with Crippen LogP contribution in [0.25, 0.3) is 0 Å². The zero-order chi connectivity index (χ0) is 14.6. The molecule has 0 unspecified atom stereocenters. The van der Waals surface area contributed by atoms with Crippen LogP contribution in [0.15, 0.2) is 18.2 Å². The number of anilines is 2. The number of piperidine rings is 1. The molecule has 2 fully saturated rings. The summed E-state index contributed by atoms with van der Waals surface area (Å²) in [5, 5.41) is 0. The normalized spacial score (nSPS) is 25.2. The Balaban J connectivity index is 1.74. The molecule has 112 valence electrons. The van der Waals surface area contributed by atoms with Crippen LogP contribution in [0.2, 0.25) is 0 Å². The molecule has 21 heavy (non-hydrogen) atoms. The molecule has 3 aliphatic rings. The van der Waals surface area contributed by atoms with Crippen molar-refractivity contribution in [1.29, 1.82) is 0 Å². The van der Waals surface area contributed by atoms with Crippen molar-refractivity contribution >= 4 is 17.3 Å². The lowest BCUT2D eigenvalue weighted by Crippen LogP contribution is -2.51. The predicted molar refractivity (Wildman–Crippen MR) is 84.4 cm³/mol. The van der Waals surface area contributed by atoms with E-state index < -0.39 is 0 Å². The maximum atomic E-state index is 13.1. The summed E-state index contributed by atoms with van der Waals surface area (Å²) in [5.41, 5.74) is 8.84. The molecule has 1 saturated carbocycles. The first kappa shape index (κ1) is 13.1. The average Bonchev–Trinajstić information content (AvgIpc) is 2.67. The van der Waals surface area contributed by atoms with Gasteiger partial charge in [0, 0.05) is 17.4 Å². The largest absolute Gasteiger partial charge is 0.399 e. The lowest BCUT2D eigenvalue weighted by Gasteiger charge is -2.40. The second kappa shape index (κ2) is 4.47. The molecule has 4 nitrogen and oxygen atoms in total. The molecule has 1 aromatic carbocycles. The van der Waals surface area contributed by atoms with Crippen molar-refractivity contribution in [2.75, 3.05) is 30.8 Å². The van der Waals surface area contributed by atoms with Crippen LogP contribution in [-0.4, -0.2) is 37.0 Å². The molecule has 2 N–H and O–H groups in total. The van der Waals surface area contributed by atoms with Gasteiger partial charge in [-0.25, -0.2) is 0 Å². The van der Waals surface area contributed by atoms with E-state index in [1.54, 1.807) is 0 Å². The zero-order valence-electron chi connectivity index (χ0n) is 12.6. The molecule has 1 aliphatic carbocycles. The Bertz CT molecular complexity index is 586. The second-order valence-corrected chi connectivity index (χ2v) is 6.92. The van der Waals surface area contributed by atoms with Gasteiger partial charge >= 0.3 is 0 Å². The Morgan fingerprint density at radius 3 is 2.57 bits per heavy atom. The van der Waals surface area contributed by atoms with E-state index in [1.165, 1.54) is 5.56 Å². The molecule has 1 spiro atoms. The molecule has 0 radical (unpaired) electrons. The fraction of sp³-hybridized carbons (Fsp3) is 0.588. The topological polar surface area (TPSA) is 49.6 Å². The quantitative estimate of drug-likeness (QED) is 0.804. The summed E-state index contributed by atoms with van der Waals surface area (Å²) in [7, 11) is 2.16. The fourth-order valence-electron chi connectivity index (χ4n) is 4.23. The van der Waals surface area contributed by atoms with Crippen LogP contribution in [0.4, 0.5) is 11.4 Å². The first-order chi connectivity index (χ1) is 10.1. The van der Waals surface area contributed by atoms with Gasteiger partial charge in [-0.1, -0.05) is 6.42 Å². The van der Waals surface area contributed by atoms with Gasteiger partial charge in [0.25, 0.3) is 0 Å². The van der Waals surface area contributed by atoms with Crippen LogP contribution >= 0.6 is 0 Å². The summed E-state index contributed by atoms with van der Waals surface area (Å²) in [6, 6.07) is 6.40. The van der Waals surface area contributed by atoms with Crippen LogP contribution in [0.3, 0.4) is 0 Å². The van der Waals surface area contributed by atoms with Crippen LogP contribution in [0, 0.1) is 0 Å². The highest BCUT2D eigenvalue weighted by atomic mass is 16.2. The summed E-state index contributed by atoms with van der Waals surface area (Å²) in [4.78, 5) is 17.6. The Labute approximate surface area is 125 Å². The van der Waals surface area contributed by atoms with Gasteiger partial charge in [-0.2, -0.15) is 0 Å². The van der Waals surface area contributed by atoms with Crippen LogP contribution < -0.4 is 10.6 Å². The lowest BCUT2D eigenvalue weighted by molar-refractivity contribution is -0.126. The van der Waals surface area contributed by atoms with Gasteiger partial charge in [0.05, 0.1) is 5.41 Å². The number of nitrogens with zero attached hydrogens (tertiary/aromatic N) is 2. The van der Waals surface area contributed by atoms with Crippen molar-refractivity contribution in [1.82, 2.24) is 4.90 Å². The smallest absolute Gasteiger partial charge is 0.237 e. The van der Waals surface area contributed by atoms with Crippen molar-refractivity contribution in [2.45, 2.75) is 43.6 Å². The van der Waals surface area contributed by atoms with Crippen LogP contribution in [0.5, 0.6) is 0 Å². The molecule has 1 saturated heterocycles. The highest BCUT2D eigenvalue weighted by molar-refractivity contribution is 6.09. The molecule has 0 bridgehead atoms. The second-order valence-electron chi connectivity index (χ2n) is 6.92. The molecule has 4 heteroatoms. The number of rotatable bonds is 1. The third-order valence-electron chi connectivity index (χ3n) is 5.68. The number of hydrogen-bond donors (Lipinski definition) is 1. The third-order valence-corrected chi connectivity index (χ3v) is 5.68. The molecule has 1 aromatic rings. The van der Waals surface area contributed by atoms with Crippen molar-refractivity contribution in [3.8, 4) is 0 Å². The lowest BCUT2D eigenvalue weighted by atomic mass is 9.65. The maximum absolute atomic E-state index is 13.1. The Kier molecular flexibility index (Phi) is 2.80. The predicted octanol–water partition coefficient (Wildman–Crippen LogP) is 2.13. The average molecular weight is 285 g/mol. The van der Waals surface area contributed by atoms with E-state index in [2.05, 4.69) is 22.9 Å². The van der Waals surface area contributed by atoms with Gasteiger partial charge in [-0.3, -0.25) is 4.79 Å². The molecule has 1 amide bonds. The molecule has 2 heterocycles. The van der Waals surface area contributed by atoms with Crippen molar-refractivity contribution in [3.63, 3.8) is 0 Å². The van der Waals surface area contributed by atoms with E-state index in [0.29, 0.717) is 11.9 Å². The SMILES string of the molecule is CN1CCC(N2C(=O)C3(CCC3)c3cc(N)ccc32)CC1. The number of nitrogen functional groups attached to an aromatic ring is 1. The highest BCUT2D eigenvalue weighted by Crippen LogP contribution is 2.54. The van der Waals surface area contributed by atoms with Crippen molar-refractivity contribution in [2.24, 2.45) is 0 Å². The summed E-state index contributed by atoms with van der Waals surface area (Å²) >= 11 is 0. The number of carbonyl (C=O) groups excluding carboxylic acids is 1. The van der Waals surface area contributed by atoms with Gasteiger partial charge in [0.1, 0.15) is 0 Å². The first-order valence-corrected chi connectivity index (χ1v) is 8.04. The third kappa shape index (κ3) is 1.75. The van der Waals surface area contributed by atoms with E-state index in [9.17, 15) is 4.79 Å². The maximum Gasteiger partial charge on any atom is 0.237 e. The number of hydrogen-bond acceptors (Lipinski definition) is 3. The van der Waals surface area contributed by atoms with Crippen molar-refractivity contribution < 1.29 is 4.79 Å². The summed E-state index contributed by atoms with van der Waals surface area (Å²) in [5.74, 6) is 0.337. The molecular formula is C17H23N3O. The van der Waals surface area contributed by atoms with Gasteiger partial charge in [-0.15, -0.1) is 0 Å². The van der Waals surface area contributed by atoms with Crippen molar-refractivity contribution in [3.05, 3.63) is 23.8 Å². The van der Waals surface area contributed by atoms with E-state index in [-0.39, 0.29) is 5.41 Å². The molecular weight excluding hydrogens is 262 g/mol. The number of nitrogens with two attached hydrogens (primary N) is 1. The molecule has 4 rings (SSSR count). The molecule has 2 aliphatic heterocycles. The van der Waals surface area contributed by atoms with E-state index in [4.69, 9.17) is 5.73 Å². The molecule has 0 aromatic heterocycles. The van der Waals surface area contributed by atoms with Gasteiger partial charge in [0.2, 0.25) is 5.91 Å². The summed E-state index contributed by atoms with van der Waals surface area (Å²) in [6.45, 7) is 2.15. The number of benzene rings is 1. The highest BCUT2D eigenvalue weighted by Gasteiger charge is 2.55. The van der Waals surface area contributed by atoms with E-state index >= 15 is 0 Å². The Morgan fingerprint density at radius 2 is 1.95 bits per heavy atom. The number of likely N-dealkylation sites (tertiary alicyclic amines) is 1. The molecule has 0 atom stereocenters.